The molecule has 1 saturated heterocycles. The van der Waals surface area contributed by atoms with Gasteiger partial charge in [0.1, 0.15) is 0 Å². The van der Waals surface area contributed by atoms with E-state index >= 15 is 0 Å². The van der Waals surface area contributed by atoms with E-state index in [2.05, 4.69) is 0 Å². The number of carbonyl (C=O) groups is 2. The van der Waals surface area contributed by atoms with E-state index in [1.807, 2.05) is 49.3 Å². The van der Waals surface area contributed by atoms with E-state index in [1.165, 1.54) is 4.90 Å². The number of carbonyl (C=O) groups excluding carboxylic acids is 2. The molecule has 138 valence electrons. The molecule has 2 aliphatic rings. The van der Waals surface area contributed by atoms with E-state index in [1.54, 1.807) is 18.2 Å². The fraction of sp³-hybridized carbons (Fsp3) is 0.200. The molecule has 6 nitrogen and oxygen atoms in total. The minimum absolute atomic E-state index is 0.190. The Labute approximate surface area is 161 Å². The van der Waals surface area contributed by atoms with Crippen molar-refractivity contribution >= 4 is 34.7 Å². The van der Waals surface area contributed by atoms with Crippen LogP contribution in [0.15, 0.2) is 47.4 Å². The summed E-state index contributed by atoms with van der Waals surface area (Å²) in [6.07, 6.45) is 1.75. The Bertz CT molecular complexity index is 937. The first-order chi connectivity index (χ1) is 13.0. The molecule has 7 heteroatoms. The van der Waals surface area contributed by atoms with Crippen LogP contribution in [0.25, 0.3) is 6.08 Å². The van der Waals surface area contributed by atoms with Crippen LogP contribution >= 0.6 is 11.8 Å². The van der Waals surface area contributed by atoms with Crippen LogP contribution in [0, 0.1) is 0 Å². The zero-order valence-corrected chi connectivity index (χ0v) is 15.8. The Morgan fingerprint density at radius 3 is 2.56 bits per heavy atom. The van der Waals surface area contributed by atoms with Gasteiger partial charge in [-0.1, -0.05) is 18.2 Å². The van der Waals surface area contributed by atoms with Crippen molar-refractivity contribution in [2.45, 2.75) is 6.54 Å². The molecule has 2 aliphatic heterocycles. The molecule has 0 saturated carbocycles. The minimum Gasteiger partial charge on any atom is -0.454 e. The molecule has 27 heavy (non-hydrogen) atoms. The molecule has 0 radical (unpaired) electrons. The Morgan fingerprint density at radius 1 is 1.07 bits per heavy atom. The molecule has 2 aromatic rings. The fourth-order valence-electron chi connectivity index (χ4n) is 2.88. The Balaban J connectivity index is 1.51. The van der Waals surface area contributed by atoms with Crippen molar-refractivity contribution in [2.75, 3.05) is 25.8 Å². The van der Waals surface area contributed by atoms with Gasteiger partial charge in [-0.2, -0.15) is 0 Å². The lowest BCUT2D eigenvalue weighted by molar-refractivity contribution is -0.123. The summed E-state index contributed by atoms with van der Waals surface area (Å²) in [6, 6.07) is 13.2. The smallest absolute Gasteiger partial charge is 0.293 e. The number of amides is 2. The number of benzene rings is 2. The van der Waals surface area contributed by atoms with Crippen LogP contribution in [0.1, 0.15) is 11.1 Å². The first-order valence-electron chi connectivity index (χ1n) is 8.42. The quantitative estimate of drug-likeness (QED) is 0.751. The first-order valence-corrected chi connectivity index (χ1v) is 9.24. The molecule has 1 fully saturated rings. The van der Waals surface area contributed by atoms with Crippen LogP contribution in [0.2, 0.25) is 0 Å². The van der Waals surface area contributed by atoms with E-state index in [0.717, 1.165) is 28.6 Å². The monoisotopic (exact) mass is 382 g/mol. The van der Waals surface area contributed by atoms with Crippen LogP contribution in [0.4, 0.5) is 10.5 Å². The van der Waals surface area contributed by atoms with Crippen LogP contribution in [0.3, 0.4) is 0 Å². The average molecular weight is 382 g/mol. The standard InChI is InChI=1S/C20H18N2O4S/c1-21(2)15-6-3-13(4-7-15)10-18-19(23)22(20(24)27-18)11-14-5-8-16-17(9-14)26-12-25-16/h3-10H,11-12H2,1-2H3. The maximum absolute atomic E-state index is 12.7. The summed E-state index contributed by atoms with van der Waals surface area (Å²) in [7, 11) is 3.94. The van der Waals surface area contributed by atoms with Crippen molar-refractivity contribution in [2.24, 2.45) is 0 Å². The summed E-state index contributed by atoms with van der Waals surface area (Å²) in [6.45, 7) is 0.397. The van der Waals surface area contributed by atoms with Crippen LogP contribution in [-0.4, -0.2) is 36.9 Å². The first kappa shape index (κ1) is 17.5. The molecule has 2 amide bonds. The maximum atomic E-state index is 12.7. The number of anilines is 1. The fourth-order valence-corrected chi connectivity index (χ4v) is 3.72. The van der Waals surface area contributed by atoms with E-state index in [9.17, 15) is 9.59 Å². The molecule has 0 atom stereocenters. The average Bonchev–Trinajstić information content (AvgIpc) is 3.22. The predicted octanol–water partition coefficient (Wildman–Crippen LogP) is 3.72. The van der Waals surface area contributed by atoms with E-state index in [0.29, 0.717) is 16.4 Å². The number of thioether (sulfide) groups is 1. The second-order valence-corrected chi connectivity index (χ2v) is 7.43. The highest BCUT2D eigenvalue weighted by molar-refractivity contribution is 8.18. The van der Waals surface area contributed by atoms with Gasteiger partial charge in [0.2, 0.25) is 6.79 Å². The summed E-state index contributed by atoms with van der Waals surface area (Å²) in [4.78, 5) is 28.7. The number of fused-ring (bicyclic) bond motifs is 1. The molecular formula is C20H18N2O4S. The second-order valence-electron chi connectivity index (χ2n) is 6.44. The van der Waals surface area contributed by atoms with Gasteiger partial charge in [0.25, 0.3) is 11.1 Å². The highest BCUT2D eigenvalue weighted by atomic mass is 32.2. The highest BCUT2D eigenvalue weighted by Crippen LogP contribution is 2.36. The number of imide groups is 1. The molecule has 0 aromatic heterocycles. The van der Waals surface area contributed by atoms with Crippen molar-refractivity contribution in [1.29, 1.82) is 0 Å². The summed E-state index contributed by atoms with van der Waals surface area (Å²) in [5.41, 5.74) is 2.77. The summed E-state index contributed by atoms with van der Waals surface area (Å²) < 4.78 is 10.6. The van der Waals surface area contributed by atoms with Gasteiger partial charge in [-0.3, -0.25) is 14.5 Å². The molecule has 2 aromatic carbocycles. The maximum Gasteiger partial charge on any atom is 0.293 e. The van der Waals surface area contributed by atoms with Gasteiger partial charge in [0.05, 0.1) is 11.4 Å². The van der Waals surface area contributed by atoms with Gasteiger partial charge in [0.15, 0.2) is 11.5 Å². The SMILES string of the molecule is CN(C)c1ccc(C=C2SC(=O)N(Cc3ccc4c(c3)OCO4)C2=O)cc1. The minimum atomic E-state index is -0.278. The van der Waals surface area contributed by atoms with E-state index < -0.39 is 0 Å². The summed E-state index contributed by atoms with van der Waals surface area (Å²) in [5, 5.41) is -0.270. The molecule has 0 unspecified atom stereocenters. The Hall–Kier alpha value is -2.93. The lowest BCUT2D eigenvalue weighted by Gasteiger charge is -2.13. The predicted molar refractivity (Wildman–Crippen MR) is 105 cm³/mol. The van der Waals surface area contributed by atoms with Crippen molar-refractivity contribution in [3.05, 3.63) is 58.5 Å². The van der Waals surface area contributed by atoms with Gasteiger partial charge in [-0.15, -0.1) is 0 Å². The number of hydrogen-bond acceptors (Lipinski definition) is 6. The number of hydrogen-bond donors (Lipinski definition) is 0. The van der Waals surface area contributed by atoms with Crippen LogP contribution in [0.5, 0.6) is 11.5 Å². The molecule has 0 N–H and O–H groups in total. The van der Waals surface area contributed by atoms with Crippen molar-refractivity contribution in [3.63, 3.8) is 0 Å². The third-order valence-corrected chi connectivity index (χ3v) is 5.27. The van der Waals surface area contributed by atoms with Gasteiger partial charge < -0.3 is 14.4 Å². The lowest BCUT2D eigenvalue weighted by Crippen LogP contribution is -2.27. The number of ether oxygens (including phenoxy) is 2. The lowest BCUT2D eigenvalue weighted by atomic mass is 10.1. The molecular weight excluding hydrogens is 364 g/mol. The highest BCUT2D eigenvalue weighted by Gasteiger charge is 2.35. The molecule has 0 spiro atoms. The van der Waals surface area contributed by atoms with E-state index in [4.69, 9.17) is 9.47 Å². The van der Waals surface area contributed by atoms with Gasteiger partial charge in [-0.25, -0.2) is 0 Å². The third-order valence-electron chi connectivity index (χ3n) is 4.36. The zero-order chi connectivity index (χ0) is 19.0. The Morgan fingerprint density at radius 2 is 1.81 bits per heavy atom. The molecule has 4 rings (SSSR count). The molecule has 0 aliphatic carbocycles. The van der Waals surface area contributed by atoms with Gasteiger partial charge >= 0.3 is 0 Å². The Kier molecular flexibility index (Phi) is 4.53. The van der Waals surface area contributed by atoms with E-state index in [-0.39, 0.29) is 24.5 Å². The topological polar surface area (TPSA) is 59.1 Å². The summed E-state index contributed by atoms with van der Waals surface area (Å²) in [5.74, 6) is 1.03. The van der Waals surface area contributed by atoms with Crippen molar-refractivity contribution < 1.29 is 19.1 Å². The third kappa shape index (κ3) is 3.50. The van der Waals surface area contributed by atoms with Crippen LogP contribution in [-0.2, 0) is 11.3 Å². The summed E-state index contributed by atoms with van der Waals surface area (Å²) >= 11 is 0.964. The van der Waals surface area contributed by atoms with Gasteiger partial charge in [-0.05, 0) is 53.2 Å². The largest absolute Gasteiger partial charge is 0.454 e. The van der Waals surface area contributed by atoms with Crippen LogP contribution < -0.4 is 14.4 Å². The zero-order valence-electron chi connectivity index (χ0n) is 15.0. The second kappa shape index (κ2) is 7.00. The normalized spacial score (nSPS) is 17.1. The number of rotatable bonds is 4. The van der Waals surface area contributed by atoms with Crippen molar-refractivity contribution in [1.82, 2.24) is 4.90 Å². The molecule has 2 heterocycles. The molecule has 0 bridgehead atoms. The van der Waals surface area contributed by atoms with Gasteiger partial charge in [0, 0.05) is 19.8 Å². The number of nitrogens with zero attached hydrogens (tertiary/aromatic N) is 2. The van der Waals surface area contributed by atoms with Crippen molar-refractivity contribution in [3.8, 4) is 11.5 Å².